The number of rotatable bonds is 5. The molecule has 0 bridgehead atoms. The Morgan fingerprint density at radius 1 is 1.00 bits per heavy atom. The van der Waals surface area contributed by atoms with E-state index in [0.29, 0.717) is 11.5 Å². The minimum absolute atomic E-state index is 0.0661. The predicted molar refractivity (Wildman–Crippen MR) is 98.4 cm³/mol. The molecule has 0 amide bonds. The fourth-order valence-corrected chi connectivity index (χ4v) is 2.54. The first-order valence-electron chi connectivity index (χ1n) is 7.26. The molecule has 25 heavy (non-hydrogen) atoms. The Morgan fingerprint density at radius 3 is 2.40 bits per heavy atom. The van der Waals surface area contributed by atoms with Gasteiger partial charge in [-0.2, -0.15) is 0 Å². The molecule has 0 aliphatic carbocycles. The van der Waals surface area contributed by atoms with Crippen molar-refractivity contribution in [3.8, 4) is 0 Å². The second-order valence-electron chi connectivity index (χ2n) is 5.08. The summed E-state index contributed by atoms with van der Waals surface area (Å²) in [5.74, 6) is 0.649. The molecule has 3 aromatic rings. The number of nitrogens with one attached hydrogen (secondary N) is 2. The minimum Gasteiger partial charge on any atom is -0.333 e. The van der Waals surface area contributed by atoms with Crippen LogP contribution in [0.15, 0.2) is 53.4 Å². The number of hydrogen-bond acceptors (Lipinski definition) is 7. The lowest BCUT2D eigenvalue weighted by Crippen LogP contribution is -2.06. The molecule has 0 radical (unpaired) electrons. The van der Waals surface area contributed by atoms with Crippen LogP contribution in [-0.4, -0.2) is 19.9 Å². The first kappa shape index (κ1) is 16.8. The van der Waals surface area contributed by atoms with E-state index in [-0.39, 0.29) is 17.3 Å². The van der Waals surface area contributed by atoms with Crippen LogP contribution < -0.4 is 10.6 Å². The molecule has 0 unspecified atom stereocenters. The van der Waals surface area contributed by atoms with Crippen LogP contribution in [0.5, 0.6) is 0 Å². The molecule has 9 heteroatoms. The van der Waals surface area contributed by atoms with Crippen molar-refractivity contribution >= 4 is 44.8 Å². The summed E-state index contributed by atoms with van der Waals surface area (Å²) in [6.45, 7) is 1.85. The quantitative estimate of drug-likeness (QED) is 0.484. The number of para-hydroxylation sites is 1. The molecule has 1 aromatic carbocycles. The highest BCUT2D eigenvalue weighted by Crippen LogP contribution is 2.34. The molecule has 0 fully saturated rings. The van der Waals surface area contributed by atoms with E-state index in [2.05, 4.69) is 41.5 Å². The maximum absolute atomic E-state index is 11.6. The molecule has 2 heterocycles. The summed E-state index contributed by atoms with van der Waals surface area (Å²) < 4.78 is 0.762. The number of nitrogens with zero attached hydrogens (tertiary/aromatic N) is 4. The van der Waals surface area contributed by atoms with Gasteiger partial charge in [-0.3, -0.25) is 10.1 Å². The number of pyridine rings is 1. The lowest BCUT2D eigenvalue weighted by Gasteiger charge is -2.11. The van der Waals surface area contributed by atoms with Crippen molar-refractivity contribution in [2.45, 2.75) is 6.92 Å². The van der Waals surface area contributed by atoms with Gasteiger partial charge in [0.05, 0.1) is 10.6 Å². The van der Waals surface area contributed by atoms with Gasteiger partial charge in [-0.25, -0.2) is 15.0 Å². The molecule has 126 valence electrons. The van der Waals surface area contributed by atoms with Crippen LogP contribution in [0.25, 0.3) is 0 Å². The average Bonchev–Trinajstić information content (AvgIpc) is 2.59. The van der Waals surface area contributed by atoms with Crippen molar-refractivity contribution < 1.29 is 4.92 Å². The smallest absolute Gasteiger partial charge is 0.333 e. The first-order valence-corrected chi connectivity index (χ1v) is 8.05. The number of hydrogen-bond donors (Lipinski definition) is 2. The SMILES string of the molecule is Cc1cccnc1Nc1ncnc(Nc2ccccc2Br)c1[N+](=O)[O-]. The summed E-state index contributed by atoms with van der Waals surface area (Å²) in [5, 5.41) is 17.5. The third-order valence-corrected chi connectivity index (χ3v) is 4.07. The van der Waals surface area contributed by atoms with Gasteiger partial charge in [-0.05, 0) is 46.6 Å². The molecule has 0 aliphatic rings. The number of halogens is 1. The van der Waals surface area contributed by atoms with Gasteiger partial charge in [-0.15, -0.1) is 0 Å². The highest BCUT2D eigenvalue weighted by Gasteiger charge is 2.24. The molecule has 3 rings (SSSR count). The highest BCUT2D eigenvalue weighted by molar-refractivity contribution is 9.10. The second-order valence-corrected chi connectivity index (χ2v) is 5.93. The van der Waals surface area contributed by atoms with Crippen molar-refractivity contribution in [3.63, 3.8) is 0 Å². The maximum atomic E-state index is 11.6. The van der Waals surface area contributed by atoms with Gasteiger partial charge in [0.15, 0.2) is 0 Å². The molecule has 2 N–H and O–H groups in total. The number of aryl methyl sites for hydroxylation is 1. The summed E-state index contributed by atoms with van der Waals surface area (Å²) in [6, 6.07) is 10.9. The van der Waals surface area contributed by atoms with Crippen molar-refractivity contribution in [1.29, 1.82) is 0 Å². The van der Waals surface area contributed by atoms with E-state index in [9.17, 15) is 10.1 Å². The highest BCUT2D eigenvalue weighted by atomic mass is 79.9. The fraction of sp³-hybridized carbons (Fsp3) is 0.0625. The summed E-state index contributed by atoms with van der Waals surface area (Å²) in [4.78, 5) is 23.3. The normalized spacial score (nSPS) is 10.3. The molecular formula is C16H13BrN6O2. The number of benzene rings is 1. The molecule has 0 saturated carbocycles. The maximum Gasteiger partial charge on any atom is 0.353 e. The van der Waals surface area contributed by atoms with Crippen molar-refractivity contribution in [2.24, 2.45) is 0 Å². The van der Waals surface area contributed by atoms with Crippen molar-refractivity contribution in [2.75, 3.05) is 10.6 Å². The second kappa shape index (κ2) is 7.22. The predicted octanol–water partition coefficient (Wildman–Crippen LogP) is 4.34. The average molecular weight is 401 g/mol. The zero-order valence-electron chi connectivity index (χ0n) is 13.1. The number of anilines is 4. The monoisotopic (exact) mass is 400 g/mol. The Kier molecular flexibility index (Phi) is 4.85. The summed E-state index contributed by atoms with van der Waals surface area (Å²) >= 11 is 3.40. The van der Waals surface area contributed by atoms with Gasteiger partial charge in [0.25, 0.3) is 0 Å². The van der Waals surface area contributed by atoms with Gasteiger partial charge < -0.3 is 10.6 Å². The Bertz CT molecular complexity index is 868. The zero-order valence-corrected chi connectivity index (χ0v) is 14.7. The lowest BCUT2D eigenvalue weighted by atomic mass is 10.3. The van der Waals surface area contributed by atoms with E-state index in [0.717, 1.165) is 10.0 Å². The third-order valence-electron chi connectivity index (χ3n) is 3.38. The van der Waals surface area contributed by atoms with Crippen LogP contribution in [0.2, 0.25) is 0 Å². The Balaban J connectivity index is 2.02. The molecule has 0 atom stereocenters. The van der Waals surface area contributed by atoms with Gasteiger partial charge in [0, 0.05) is 10.7 Å². The minimum atomic E-state index is -0.528. The summed E-state index contributed by atoms with van der Waals surface area (Å²) in [5.41, 5.74) is 1.24. The topological polar surface area (TPSA) is 106 Å². The van der Waals surface area contributed by atoms with Crippen LogP contribution in [0.3, 0.4) is 0 Å². The summed E-state index contributed by atoms with van der Waals surface area (Å²) in [7, 11) is 0. The van der Waals surface area contributed by atoms with Crippen LogP contribution in [0.1, 0.15) is 5.56 Å². The first-order chi connectivity index (χ1) is 12.1. The van der Waals surface area contributed by atoms with E-state index >= 15 is 0 Å². The molecule has 2 aromatic heterocycles. The van der Waals surface area contributed by atoms with E-state index in [1.54, 1.807) is 18.3 Å². The Hall–Kier alpha value is -3.07. The standard InChI is InChI=1S/C16H13BrN6O2/c1-10-5-4-8-18-14(10)22-16-13(23(24)25)15(19-9-20-16)21-12-7-3-2-6-11(12)17/h2-9H,1H3,(H2,18,19,20,21,22). The van der Waals surface area contributed by atoms with Gasteiger partial charge in [-0.1, -0.05) is 18.2 Å². The van der Waals surface area contributed by atoms with Crippen LogP contribution >= 0.6 is 15.9 Å². The lowest BCUT2D eigenvalue weighted by molar-refractivity contribution is -0.383. The molecule has 0 saturated heterocycles. The van der Waals surface area contributed by atoms with Crippen molar-refractivity contribution in [3.05, 3.63) is 69.1 Å². The molecular weight excluding hydrogens is 388 g/mol. The van der Waals surface area contributed by atoms with Crippen LogP contribution in [0, 0.1) is 17.0 Å². The van der Waals surface area contributed by atoms with E-state index < -0.39 is 4.92 Å². The molecule has 8 nitrogen and oxygen atoms in total. The van der Waals surface area contributed by atoms with Crippen LogP contribution in [-0.2, 0) is 0 Å². The van der Waals surface area contributed by atoms with Gasteiger partial charge >= 0.3 is 5.69 Å². The Labute approximate surface area is 151 Å². The summed E-state index contributed by atoms with van der Waals surface area (Å²) in [6.07, 6.45) is 2.86. The van der Waals surface area contributed by atoms with E-state index in [1.807, 2.05) is 31.2 Å². The molecule has 0 spiro atoms. The van der Waals surface area contributed by atoms with Gasteiger partial charge in [0.2, 0.25) is 11.6 Å². The van der Waals surface area contributed by atoms with E-state index in [1.165, 1.54) is 6.33 Å². The number of aromatic nitrogens is 3. The fourth-order valence-electron chi connectivity index (χ4n) is 2.15. The largest absolute Gasteiger partial charge is 0.353 e. The van der Waals surface area contributed by atoms with Crippen LogP contribution in [0.4, 0.5) is 28.8 Å². The van der Waals surface area contributed by atoms with Crippen molar-refractivity contribution in [1.82, 2.24) is 15.0 Å². The molecule has 0 aliphatic heterocycles. The zero-order chi connectivity index (χ0) is 17.8. The Morgan fingerprint density at radius 2 is 1.72 bits per heavy atom. The third kappa shape index (κ3) is 3.72. The van der Waals surface area contributed by atoms with Gasteiger partial charge in [0.1, 0.15) is 12.1 Å². The number of nitro groups is 1. The van der Waals surface area contributed by atoms with E-state index in [4.69, 9.17) is 0 Å².